The van der Waals surface area contributed by atoms with Gasteiger partial charge in [0.05, 0.1) is 5.56 Å². The van der Waals surface area contributed by atoms with Crippen molar-refractivity contribution in [2.45, 2.75) is 44.7 Å². The predicted molar refractivity (Wildman–Crippen MR) is 136 cm³/mol. The number of hydrogen-bond acceptors (Lipinski definition) is 4. The van der Waals surface area contributed by atoms with Crippen LogP contribution >= 0.6 is 0 Å². The van der Waals surface area contributed by atoms with Crippen molar-refractivity contribution in [3.05, 3.63) is 102 Å². The number of nitrogens with one attached hydrogen (secondary N) is 1. The lowest BCUT2D eigenvalue weighted by molar-refractivity contribution is 0.0696. The molecule has 5 nitrogen and oxygen atoms in total. The van der Waals surface area contributed by atoms with E-state index in [0.29, 0.717) is 11.6 Å². The minimum atomic E-state index is -0.849. The quantitative estimate of drug-likeness (QED) is 0.496. The second-order valence-corrected chi connectivity index (χ2v) is 9.63. The normalized spacial score (nSPS) is 17.4. The minimum Gasteiger partial charge on any atom is -0.478 e. The maximum absolute atomic E-state index is 11.3. The molecule has 5 heteroatoms. The molecule has 1 aromatic heterocycles. The second kappa shape index (κ2) is 11.9. The molecule has 0 amide bonds. The number of benzene rings is 2. The average molecular weight is 458 g/mol. The van der Waals surface area contributed by atoms with Gasteiger partial charge < -0.3 is 10.4 Å². The molecule has 2 heterocycles. The van der Waals surface area contributed by atoms with Crippen molar-refractivity contribution in [2.24, 2.45) is 5.41 Å². The Kier molecular flexibility index (Phi) is 8.45. The monoisotopic (exact) mass is 457 g/mol. The number of rotatable bonds is 8. The lowest BCUT2D eigenvalue weighted by Gasteiger charge is -2.42. The van der Waals surface area contributed by atoms with E-state index in [0.717, 1.165) is 51.0 Å². The summed E-state index contributed by atoms with van der Waals surface area (Å²) in [5.74, 6) is -0.849. The van der Waals surface area contributed by atoms with E-state index in [9.17, 15) is 9.90 Å². The Balaban J connectivity index is 0.000000398. The Bertz CT molecular complexity index is 987. The van der Waals surface area contributed by atoms with Gasteiger partial charge in [0, 0.05) is 31.5 Å². The molecular weight excluding hydrogens is 422 g/mol. The molecule has 2 aliphatic rings. The van der Waals surface area contributed by atoms with Crippen LogP contribution in [0.4, 0.5) is 0 Å². The van der Waals surface area contributed by atoms with E-state index in [-0.39, 0.29) is 5.41 Å². The van der Waals surface area contributed by atoms with Crippen molar-refractivity contribution < 1.29 is 9.90 Å². The third-order valence-corrected chi connectivity index (χ3v) is 6.81. The van der Waals surface area contributed by atoms with Gasteiger partial charge in [-0.2, -0.15) is 0 Å². The van der Waals surface area contributed by atoms with Crippen molar-refractivity contribution in [3.8, 4) is 0 Å². The molecule has 1 aliphatic heterocycles. The maximum atomic E-state index is 11.3. The topological polar surface area (TPSA) is 65.5 Å². The van der Waals surface area contributed by atoms with E-state index >= 15 is 0 Å². The highest BCUT2D eigenvalue weighted by molar-refractivity contribution is 5.87. The summed E-state index contributed by atoms with van der Waals surface area (Å²) in [6.45, 7) is 4.11. The van der Waals surface area contributed by atoms with Gasteiger partial charge >= 0.3 is 5.97 Å². The summed E-state index contributed by atoms with van der Waals surface area (Å²) in [6.07, 6.45) is 9.55. The van der Waals surface area contributed by atoms with Crippen LogP contribution in [-0.4, -0.2) is 46.6 Å². The second-order valence-electron chi connectivity index (χ2n) is 9.63. The van der Waals surface area contributed by atoms with Crippen LogP contribution in [0.1, 0.15) is 47.2 Å². The maximum Gasteiger partial charge on any atom is 0.335 e. The SMILES string of the molecule is O=C(O)c1cccc(CC2(CNC3CC3)CCN(Cc3cccnc3)CC2)c1.c1ccccc1. The summed E-state index contributed by atoms with van der Waals surface area (Å²) in [5, 5.41) is 13.1. The van der Waals surface area contributed by atoms with Gasteiger partial charge in [-0.05, 0) is 79.9 Å². The van der Waals surface area contributed by atoms with Gasteiger partial charge in [-0.25, -0.2) is 4.79 Å². The molecule has 5 rings (SSSR count). The molecule has 34 heavy (non-hydrogen) atoms. The molecule has 3 aromatic rings. The summed E-state index contributed by atoms with van der Waals surface area (Å²) in [4.78, 5) is 18.1. The van der Waals surface area contributed by atoms with Crippen molar-refractivity contribution in [2.75, 3.05) is 19.6 Å². The van der Waals surface area contributed by atoms with E-state index < -0.39 is 5.97 Å². The largest absolute Gasteiger partial charge is 0.478 e. The highest BCUT2D eigenvalue weighted by atomic mass is 16.4. The van der Waals surface area contributed by atoms with Crippen LogP contribution in [-0.2, 0) is 13.0 Å². The first-order valence-electron chi connectivity index (χ1n) is 12.3. The number of pyridine rings is 1. The zero-order valence-corrected chi connectivity index (χ0v) is 19.8. The first-order chi connectivity index (χ1) is 16.6. The van der Waals surface area contributed by atoms with Crippen LogP contribution in [0.15, 0.2) is 85.2 Å². The molecule has 1 aliphatic carbocycles. The number of hydrogen-bond donors (Lipinski definition) is 2. The molecule has 0 radical (unpaired) electrons. The Labute approximate surface area is 202 Å². The van der Waals surface area contributed by atoms with Gasteiger partial charge in [-0.3, -0.25) is 9.88 Å². The number of aromatic carboxylic acids is 1. The zero-order chi connectivity index (χ0) is 23.6. The van der Waals surface area contributed by atoms with Crippen molar-refractivity contribution in [3.63, 3.8) is 0 Å². The molecule has 1 saturated carbocycles. The first kappa shape index (κ1) is 24.1. The van der Waals surface area contributed by atoms with Crippen LogP contribution in [0.2, 0.25) is 0 Å². The van der Waals surface area contributed by atoms with Gasteiger partial charge in [0.1, 0.15) is 0 Å². The Morgan fingerprint density at radius 3 is 2.24 bits per heavy atom. The third kappa shape index (κ3) is 7.51. The molecule has 0 bridgehead atoms. The van der Waals surface area contributed by atoms with Crippen LogP contribution in [0.3, 0.4) is 0 Å². The molecular formula is C29H35N3O2. The predicted octanol–water partition coefficient (Wildman–Crippen LogP) is 5.04. The van der Waals surface area contributed by atoms with E-state index in [1.165, 1.54) is 18.4 Å². The smallest absolute Gasteiger partial charge is 0.335 e. The lowest BCUT2D eigenvalue weighted by Crippen LogP contribution is -2.46. The van der Waals surface area contributed by atoms with Crippen molar-refractivity contribution in [1.82, 2.24) is 15.2 Å². The fourth-order valence-corrected chi connectivity index (χ4v) is 4.63. The summed E-state index contributed by atoms with van der Waals surface area (Å²) >= 11 is 0. The fraction of sp³-hybridized carbons (Fsp3) is 0.379. The molecule has 0 atom stereocenters. The fourth-order valence-electron chi connectivity index (χ4n) is 4.63. The van der Waals surface area contributed by atoms with E-state index in [4.69, 9.17) is 0 Å². The molecule has 1 saturated heterocycles. The third-order valence-electron chi connectivity index (χ3n) is 6.81. The van der Waals surface area contributed by atoms with Crippen molar-refractivity contribution in [1.29, 1.82) is 0 Å². The highest BCUT2D eigenvalue weighted by Gasteiger charge is 2.36. The zero-order valence-electron chi connectivity index (χ0n) is 19.8. The Morgan fingerprint density at radius 2 is 1.65 bits per heavy atom. The lowest BCUT2D eigenvalue weighted by atomic mass is 9.73. The number of carboxylic acid groups (broad SMARTS) is 1. The van der Waals surface area contributed by atoms with Crippen molar-refractivity contribution >= 4 is 5.97 Å². The van der Waals surface area contributed by atoms with E-state index in [1.807, 2.05) is 67.0 Å². The number of aromatic nitrogens is 1. The molecule has 2 aromatic carbocycles. The minimum absolute atomic E-state index is 0.200. The Hall–Kier alpha value is -3.02. The van der Waals surface area contributed by atoms with Gasteiger partial charge in [-0.15, -0.1) is 0 Å². The van der Waals surface area contributed by atoms with Gasteiger partial charge in [-0.1, -0.05) is 54.6 Å². The molecule has 0 spiro atoms. The Morgan fingerprint density at radius 1 is 0.971 bits per heavy atom. The number of carboxylic acids is 1. The average Bonchev–Trinajstić information content (AvgIpc) is 3.71. The summed E-state index contributed by atoms with van der Waals surface area (Å²) in [7, 11) is 0. The standard InChI is InChI=1S/C23H29N3O2.C6H6/c27-22(28)20-5-1-3-18(13-20)14-23(17-25-21-6-7-21)8-11-26(12-9-23)16-19-4-2-10-24-15-19;1-2-4-6-5-3-1/h1-5,10,13,15,21,25H,6-9,11-12,14,16-17H2,(H,27,28);1-6H. The van der Waals surface area contributed by atoms with Gasteiger partial charge in [0.15, 0.2) is 0 Å². The molecule has 2 fully saturated rings. The van der Waals surface area contributed by atoms with Gasteiger partial charge in [0.2, 0.25) is 0 Å². The first-order valence-corrected chi connectivity index (χ1v) is 12.3. The van der Waals surface area contributed by atoms with Crippen LogP contribution in [0.25, 0.3) is 0 Å². The summed E-state index contributed by atoms with van der Waals surface area (Å²) in [6, 6.07) is 24.3. The number of piperidine rings is 1. The van der Waals surface area contributed by atoms with Crippen LogP contribution in [0, 0.1) is 5.41 Å². The van der Waals surface area contributed by atoms with Crippen LogP contribution < -0.4 is 5.32 Å². The highest BCUT2D eigenvalue weighted by Crippen LogP contribution is 2.36. The molecule has 0 unspecified atom stereocenters. The number of likely N-dealkylation sites (tertiary alicyclic amines) is 1. The van der Waals surface area contributed by atoms with Gasteiger partial charge in [0.25, 0.3) is 0 Å². The summed E-state index contributed by atoms with van der Waals surface area (Å²) in [5.41, 5.74) is 2.99. The summed E-state index contributed by atoms with van der Waals surface area (Å²) < 4.78 is 0. The van der Waals surface area contributed by atoms with E-state index in [1.54, 1.807) is 6.07 Å². The number of carbonyl (C=O) groups is 1. The molecule has 178 valence electrons. The number of nitrogens with zero attached hydrogens (tertiary/aromatic N) is 2. The van der Waals surface area contributed by atoms with Crippen LogP contribution in [0.5, 0.6) is 0 Å². The molecule has 2 N–H and O–H groups in total. The van der Waals surface area contributed by atoms with E-state index in [2.05, 4.69) is 27.3 Å².